The Morgan fingerprint density at radius 2 is 2.24 bits per heavy atom. The van der Waals surface area contributed by atoms with Crippen molar-refractivity contribution in [1.82, 2.24) is 9.88 Å². The minimum atomic E-state index is 0. The van der Waals surface area contributed by atoms with Gasteiger partial charge < -0.3 is 4.42 Å². The zero-order valence-corrected chi connectivity index (χ0v) is 11.3. The van der Waals surface area contributed by atoms with Gasteiger partial charge in [-0.15, -0.1) is 24.8 Å². The fraction of sp³-hybridized carbons (Fsp3) is 0.417. The molecular weight excluding hydrogens is 259 g/mol. The zero-order chi connectivity index (χ0) is 10.3. The van der Waals surface area contributed by atoms with E-state index in [9.17, 15) is 0 Å². The van der Waals surface area contributed by atoms with Crippen LogP contribution in [0.5, 0.6) is 0 Å². The Kier molecular flexibility index (Phi) is 4.80. The number of nitrogens with zero attached hydrogens (tertiary/aromatic N) is 2. The number of hydrogen-bond acceptors (Lipinski definition) is 3. The van der Waals surface area contributed by atoms with E-state index >= 15 is 0 Å². The molecule has 2 aromatic rings. The van der Waals surface area contributed by atoms with E-state index in [2.05, 4.69) is 23.0 Å². The van der Waals surface area contributed by atoms with Gasteiger partial charge in [0, 0.05) is 12.3 Å². The number of rotatable bonds is 1. The first-order chi connectivity index (χ1) is 7.34. The van der Waals surface area contributed by atoms with Crippen LogP contribution < -0.4 is 0 Å². The number of hydrogen-bond donors (Lipinski definition) is 0. The second-order valence-electron chi connectivity index (χ2n) is 4.17. The summed E-state index contributed by atoms with van der Waals surface area (Å²) in [6.45, 7) is 1.16. The van der Waals surface area contributed by atoms with E-state index in [0.29, 0.717) is 6.04 Å². The Morgan fingerprint density at radius 1 is 1.41 bits per heavy atom. The van der Waals surface area contributed by atoms with E-state index in [0.717, 1.165) is 23.4 Å². The maximum atomic E-state index is 5.82. The van der Waals surface area contributed by atoms with E-state index in [4.69, 9.17) is 4.42 Å². The highest BCUT2D eigenvalue weighted by Gasteiger charge is 2.25. The number of aromatic nitrogens is 1. The molecule has 3 heterocycles. The molecule has 0 aliphatic carbocycles. The van der Waals surface area contributed by atoms with Gasteiger partial charge in [-0.1, -0.05) is 0 Å². The molecule has 1 aliphatic heterocycles. The fourth-order valence-corrected chi connectivity index (χ4v) is 2.32. The molecule has 0 saturated carbocycles. The highest BCUT2D eigenvalue weighted by molar-refractivity contribution is 5.85. The van der Waals surface area contributed by atoms with Gasteiger partial charge in [-0.3, -0.25) is 9.88 Å². The molecule has 94 valence electrons. The lowest BCUT2D eigenvalue weighted by atomic mass is 10.2. The van der Waals surface area contributed by atoms with Crippen molar-refractivity contribution in [1.29, 1.82) is 0 Å². The summed E-state index contributed by atoms with van der Waals surface area (Å²) in [6, 6.07) is 6.40. The lowest BCUT2D eigenvalue weighted by Gasteiger charge is -2.16. The SMILES string of the molecule is CN1CCC[C@@H]1c1cc2ncccc2o1.Cl.Cl. The molecular formula is C12H16Cl2N2O. The molecule has 0 radical (unpaired) electrons. The first-order valence-corrected chi connectivity index (χ1v) is 5.39. The minimum Gasteiger partial charge on any atom is -0.458 e. The van der Waals surface area contributed by atoms with Gasteiger partial charge in [0.15, 0.2) is 5.58 Å². The summed E-state index contributed by atoms with van der Waals surface area (Å²) in [5, 5.41) is 0. The molecule has 5 heteroatoms. The summed E-state index contributed by atoms with van der Waals surface area (Å²) in [4.78, 5) is 6.63. The van der Waals surface area contributed by atoms with Gasteiger partial charge in [-0.25, -0.2) is 0 Å². The molecule has 3 nitrogen and oxygen atoms in total. The van der Waals surface area contributed by atoms with Gasteiger partial charge in [0.25, 0.3) is 0 Å². The van der Waals surface area contributed by atoms with E-state index in [1.165, 1.54) is 12.8 Å². The quantitative estimate of drug-likeness (QED) is 0.798. The smallest absolute Gasteiger partial charge is 0.152 e. The van der Waals surface area contributed by atoms with E-state index in [1.807, 2.05) is 12.1 Å². The molecule has 2 aromatic heterocycles. The maximum absolute atomic E-state index is 5.82. The van der Waals surface area contributed by atoms with Crippen LogP contribution in [0.1, 0.15) is 24.6 Å². The summed E-state index contributed by atoms with van der Waals surface area (Å²) in [5.74, 6) is 1.06. The van der Waals surface area contributed by atoms with Gasteiger partial charge in [-0.2, -0.15) is 0 Å². The largest absolute Gasteiger partial charge is 0.458 e. The van der Waals surface area contributed by atoms with Gasteiger partial charge in [0.1, 0.15) is 11.3 Å². The van der Waals surface area contributed by atoms with Crippen molar-refractivity contribution in [2.75, 3.05) is 13.6 Å². The van der Waals surface area contributed by atoms with Crippen LogP contribution in [0.15, 0.2) is 28.8 Å². The number of furan rings is 1. The molecule has 1 aliphatic rings. The molecule has 17 heavy (non-hydrogen) atoms. The van der Waals surface area contributed by atoms with Gasteiger partial charge >= 0.3 is 0 Å². The van der Waals surface area contributed by atoms with Crippen LogP contribution in [0, 0.1) is 0 Å². The summed E-state index contributed by atoms with van der Waals surface area (Å²) in [6.07, 6.45) is 4.25. The third kappa shape index (κ3) is 2.57. The van der Waals surface area contributed by atoms with Crippen molar-refractivity contribution in [3.05, 3.63) is 30.2 Å². The average Bonchev–Trinajstić information content (AvgIpc) is 2.82. The van der Waals surface area contributed by atoms with Crippen molar-refractivity contribution >= 4 is 35.9 Å². The van der Waals surface area contributed by atoms with Crippen molar-refractivity contribution < 1.29 is 4.42 Å². The predicted octanol–water partition coefficient (Wildman–Crippen LogP) is 3.44. The van der Waals surface area contributed by atoms with Gasteiger partial charge in [-0.05, 0) is 38.6 Å². The van der Waals surface area contributed by atoms with Crippen LogP contribution in [0.3, 0.4) is 0 Å². The molecule has 0 spiro atoms. The van der Waals surface area contributed by atoms with Crippen LogP contribution >= 0.6 is 24.8 Å². The van der Waals surface area contributed by atoms with Gasteiger partial charge in [0.2, 0.25) is 0 Å². The standard InChI is InChI=1S/C12H14N2O.2ClH/c1-14-7-3-4-10(14)12-8-9-11(15-12)5-2-6-13-9;;/h2,5-6,8,10H,3-4,7H2,1H3;2*1H/t10-;;/m1../s1. The molecule has 0 N–H and O–H groups in total. The van der Waals surface area contributed by atoms with Crippen LogP contribution in [-0.2, 0) is 0 Å². The first-order valence-electron chi connectivity index (χ1n) is 5.39. The van der Waals surface area contributed by atoms with Crippen molar-refractivity contribution in [2.45, 2.75) is 18.9 Å². The molecule has 0 aromatic carbocycles. The summed E-state index contributed by atoms with van der Waals surface area (Å²) in [5.41, 5.74) is 1.86. The molecule has 3 rings (SSSR count). The van der Waals surface area contributed by atoms with Crippen LogP contribution in [0.2, 0.25) is 0 Å². The number of likely N-dealkylation sites (tertiary alicyclic amines) is 1. The predicted molar refractivity (Wildman–Crippen MR) is 73.1 cm³/mol. The molecule has 0 amide bonds. The van der Waals surface area contributed by atoms with E-state index in [1.54, 1.807) is 6.20 Å². The first kappa shape index (κ1) is 14.3. The Balaban J connectivity index is 0.000000722. The lowest BCUT2D eigenvalue weighted by Crippen LogP contribution is -2.16. The maximum Gasteiger partial charge on any atom is 0.152 e. The van der Waals surface area contributed by atoms with Crippen molar-refractivity contribution in [3.63, 3.8) is 0 Å². The van der Waals surface area contributed by atoms with Crippen LogP contribution in [0.4, 0.5) is 0 Å². The number of halogens is 2. The number of fused-ring (bicyclic) bond motifs is 1. The molecule has 0 unspecified atom stereocenters. The van der Waals surface area contributed by atoms with Crippen molar-refractivity contribution in [3.8, 4) is 0 Å². The summed E-state index contributed by atoms with van der Waals surface area (Å²) >= 11 is 0. The zero-order valence-electron chi connectivity index (χ0n) is 9.63. The van der Waals surface area contributed by atoms with Crippen LogP contribution in [0.25, 0.3) is 11.1 Å². The molecule has 1 fully saturated rings. The van der Waals surface area contributed by atoms with Crippen LogP contribution in [-0.4, -0.2) is 23.5 Å². The van der Waals surface area contributed by atoms with E-state index < -0.39 is 0 Å². The normalized spacial score (nSPS) is 19.9. The van der Waals surface area contributed by atoms with E-state index in [-0.39, 0.29) is 24.8 Å². The molecule has 1 atom stereocenters. The monoisotopic (exact) mass is 274 g/mol. The third-order valence-corrected chi connectivity index (χ3v) is 3.16. The Hall–Kier alpha value is -0.770. The lowest BCUT2D eigenvalue weighted by molar-refractivity contribution is 0.281. The van der Waals surface area contributed by atoms with Crippen molar-refractivity contribution in [2.24, 2.45) is 0 Å². The summed E-state index contributed by atoms with van der Waals surface area (Å²) < 4.78 is 5.82. The van der Waals surface area contributed by atoms with Gasteiger partial charge in [0.05, 0.1) is 6.04 Å². The Bertz CT molecular complexity index is 453. The Morgan fingerprint density at radius 3 is 2.88 bits per heavy atom. The molecule has 0 bridgehead atoms. The Labute approximate surface area is 113 Å². The minimum absolute atomic E-state index is 0. The average molecular weight is 275 g/mol. The third-order valence-electron chi connectivity index (χ3n) is 3.16. The summed E-state index contributed by atoms with van der Waals surface area (Å²) in [7, 11) is 2.15. The number of pyridine rings is 1. The topological polar surface area (TPSA) is 29.3 Å². The second-order valence-corrected chi connectivity index (χ2v) is 4.17. The molecule has 1 saturated heterocycles. The fourth-order valence-electron chi connectivity index (χ4n) is 2.32. The highest BCUT2D eigenvalue weighted by Crippen LogP contribution is 2.33. The second kappa shape index (κ2) is 5.71. The highest BCUT2D eigenvalue weighted by atomic mass is 35.5.